The predicted molar refractivity (Wildman–Crippen MR) is 98.3 cm³/mol. The van der Waals surface area contributed by atoms with Crippen LogP contribution in [0.2, 0.25) is 0 Å². The minimum absolute atomic E-state index is 0.0866. The molecule has 2 heterocycles. The monoisotopic (exact) mass is 361 g/mol. The second-order valence-corrected chi connectivity index (χ2v) is 7.30. The Bertz CT molecular complexity index is 671. The van der Waals surface area contributed by atoms with Gasteiger partial charge in [0.05, 0.1) is 13.0 Å². The molecule has 7 nitrogen and oxygen atoms in total. The molecule has 0 radical (unpaired) electrons. The molecule has 3 rings (SSSR count). The normalized spacial score (nSPS) is 21.5. The minimum Gasteiger partial charge on any atom is -0.497 e. The second-order valence-electron chi connectivity index (χ2n) is 7.30. The Kier molecular flexibility index (Phi) is 5.36. The molecule has 2 aliphatic heterocycles. The summed E-state index contributed by atoms with van der Waals surface area (Å²) in [5.41, 5.74) is 0.489. The van der Waals surface area contributed by atoms with E-state index in [0.29, 0.717) is 37.7 Å². The Morgan fingerprint density at radius 2 is 2.04 bits per heavy atom. The number of urea groups is 1. The number of amides is 3. The molecule has 1 aromatic rings. The summed E-state index contributed by atoms with van der Waals surface area (Å²) in [5, 5.41) is 2.92. The minimum atomic E-state index is -0.189. The largest absolute Gasteiger partial charge is 0.497 e. The van der Waals surface area contributed by atoms with Crippen molar-refractivity contribution in [2.45, 2.75) is 12.8 Å². The lowest BCUT2D eigenvalue weighted by Gasteiger charge is -2.37. The number of nitrogens with zero attached hydrogens (tertiary/aromatic N) is 2. The summed E-state index contributed by atoms with van der Waals surface area (Å²) in [7, 11) is 5.14. The third kappa shape index (κ3) is 3.62. The number of hydrogen-bond donors (Lipinski definition) is 1. The van der Waals surface area contributed by atoms with E-state index < -0.39 is 0 Å². The van der Waals surface area contributed by atoms with Crippen LogP contribution >= 0.6 is 0 Å². The highest BCUT2D eigenvalue weighted by molar-refractivity contribution is 5.91. The van der Waals surface area contributed by atoms with Crippen LogP contribution in [0.1, 0.15) is 12.8 Å². The molecular formula is C19H27N3O4. The zero-order valence-electron chi connectivity index (χ0n) is 15.7. The lowest BCUT2D eigenvalue weighted by atomic mass is 9.71. The highest BCUT2D eigenvalue weighted by Crippen LogP contribution is 2.45. The first-order valence-electron chi connectivity index (χ1n) is 8.94. The molecule has 1 N–H and O–H groups in total. The standard InChI is InChI=1S/C19H27N3O4/c1-21(2)17(23)16-12-22(13-19(16)7-9-26-10-8-19)18(24)20-14-5-4-6-15(11-14)25-3/h4-6,11,16H,7-10,12-13H2,1-3H3,(H,20,24). The van der Waals surface area contributed by atoms with E-state index in [0.717, 1.165) is 12.8 Å². The summed E-state index contributed by atoms with van der Waals surface area (Å²) in [6.45, 7) is 2.30. The molecule has 3 amide bonds. The number of carbonyl (C=O) groups excluding carboxylic acids is 2. The first-order valence-corrected chi connectivity index (χ1v) is 8.94. The maximum Gasteiger partial charge on any atom is 0.321 e. The van der Waals surface area contributed by atoms with Crippen molar-refractivity contribution in [3.05, 3.63) is 24.3 Å². The van der Waals surface area contributed by atoms with Crippen LogP contribution in [-0.4, -0.2) is 69.2 Å². The molecule has 1 spiro atoms. The maximum atomic E-state index is 12.8. The molecule has 0 saturated carbocycles. The van der Waals surface area contributed by atoms with Crippen molar-refractivity contribution in [3.8, 4) is 5.75 Å². The number of likely N-dealkylation sites (tertiary alicyclic amines) is 1. The summed E-state index contributed by atoms with van der Waals surface area (Å²) >= 11 is 0. The highest BCUT2D eigenvalue weighted by Gasteiger charge is 2.52. The van der Waals surface area contributed by atoms with E-state index in [1.54, 1.807) is 37.1 Å². The Labute approximate surface area is 154 Å². The molecule has 0 aliphatic carbocycles. The molecule has 1 aromatic carbocycles. The van der Waals surface area contributed by atoms with Gasteiger partial charge >= 0.3 is 6.03 Å². The van der Waals surface area contributed by atoms with Crippen molar-refractivity contribution >= 4 is 17.6 Å². The molecule has 26 heavy (non-hydrogen) atoms. The molecule has 0 bridgehead atoms. The van der Waals surface area contributed by atoms with Gasteiger partial charge in [0.2, 0.25) is 5.91 Å². The Hall–Kier alpha value is -2.28. The van der Waals surface area contributed by atoms with Gasteiger partial charge in [-0.3, -0.25) is 4.79 Å². The van der Waals surface area contributed by atoms with Crippen LogP contribution in [0.25, 0.3) is 0 Å². The summed E-state index contributed by atoms with van der Waals surface area (Å²) in [4.78, 5) is 28.9. The SMILES string of the molecule is COc1cccc(NC(=O)N2CC(C(=O)N(C)C)C3(CCOCC3)C2)c1. The number of anilines is 1. The molecular weight excluding hydrogens is 334 g/mol. The fourth-order valence-corrected chi connectivity index (χ4v) is 3.96. The zero-order valence-corrected chi connectivity index (χ0v) is 15.7. The Balaban J connectivity index is 1.75. The summed E-state index contributed by atoms with van der Waals surface area (Å²) in [6, 6.07) is 7.08. The summed E-state index contributed by atoms with van der Waals surface area (Å²) < 4.78 is 10.7. The van der Waals surface area contributed by atoms with Crippen LogP contribution < -0.4 is 10.1 Å². The topological polar surface area (TPSA) is 71.1 Å². The quantitative estimate of drug-likeness (QED) is 0.894. The predicted octanol–water partition coefficient (Wildman–Crippen LogP) is 2.04. The lowest BCUT2D eigenvalue weighted by molar-refractivity contribution is -0.138. The second kappa shape index (κ2) is 7.53. The highest BCUT2D eigenvalue weighted by atomic mass is 16.5. The third-order valence-corrected chi connectivity index (χ3v) is 5.48. The first-order chi connectivity index (χ1) is 12.4. The van der Waals surface area contributed by atoms with Gasteiger partial charge in [-0.2, -0.15) is 0 Å². The number of hydrogen-bond acceptors (Lipinski definition) is 4. The van der Waals surface area contributed by atoms with Gasteiger partial charge in [-0.05, 0) is 25.0 Å². The van der Waals surface area contributed by atoms with Crippen LogP contribution in [0.4, 0.5) is 10.5 Å². The average Bonchev–Trinajstić information content (AvgIpc) is 3.00. The molecule has 1 unspecified atom stereocenters. The summed E-state index contributed by atoms with van der Waals surface area (Å²) in [5.74, 6) is 0.590. The van der Waals surface area contributed by atoms with E-state index >= 15 is 0 Å². The van der Waals surface area contributed by atoms with Gasteiger partial charge in [-0.1, -0.05) is 6.07 Å². The van der Waals surface area contributed by atoms with Crippen molar-refractivity contribution in [1.82, 2.24) is 9.80 Å². The van der Waals surface area contributed by atoms with Gasteiger partial charge in [0.1, 0.15) is 5.75 Å². The first kappa shape index (κ1) is 18.5. The van der Waals surface area contributed by atoms with Crippen molar-refractivity contribution in [2.24, 2.45) is 11.3 Å². The molecule has 0 aromatic heterocycles. The molecule has 142 valence electrons. The van der Waals surface area contributed by atoms with Crippen LogP contribution in [0.5, 0.6) is 5.75 Å². The van der Waals surface area contributed by atoms with Gasteiger partial charge in [-0.15, -0.1) is 0 Å². The molecule has 2 aliphatic rings. The van der Waals surface area contributed by atoms with Crippen molar-refractivity contribution in [3.63, 3.8) is 0 Å². The van der Waals surface area contributed by atoms with Crippen LogP contribution in [0.15, 0.2) is 24.3 Å². The van der Waals surface area contributed by atoms with Crippen molar-refractivity contribution in [2.75, 3.05) is 52.8 Å². The Morgan fingerprint density at radius 3 is 2.69 bits per heavy atom. The number of carbonyl (C=O) groups is 2. The van der Waals surface area contributed by atoms with E-state index in [-0.39, 0.29) is 23.3 Å². The van der Waals surface area contributed by atoms with E-state index in [4.69, 9.17) is 9.47 Å². The van der Waals surface area contributed by atoms with Crippen LogP contribution in [0, 0.1) is 11.3 Å². The number of nitrogens with one attached hydrogen (secondary N) is 1. The van der Waals surface area contributed by atoms with Gasteiger partial charge < -0.3 is 24.6 Å². The van der Waals surface area contributed by atoms with Crippen molar-refractivity contribution < 1.29 is 19.1 Å². The van der Waals surface area contributed by atoms with Gasteiger partial charge in [-0.25, -0.2) is 4.79 Å². The fourth-order valence-electron chi connectivity index (χ4n) is 3.96. The van der Waals surface area contributed by atoms with E-state index in [9.17, 15) is 9.59 Å². The lowest BCUT2D eigenvalue weighted by Crippen LogP contribution is -2.44. The molecule has 1 atom stereocenters. The number of ether oxygens (including phenoxy) is 2. The molecule has 2 fully saturated rings. The van der Waals surface area contributed by atoms with Gasteiger partial charge in [0.15, 0.2) is 0 Å². The zero-order chi connectivity index (χ0) is 18.7. The van der Waals surface area contributed by atoms with E-state index in [1.165, 1.54) is 0 Å². The van der Waals surface area contributed by atoms with E-state index in [2.05, 4.69) is 5.32 Å². The summed E-state index contributed by atoms with van der Waals surface area (Å²) in [6.07, 6.45) is 1.61. The smallest absolute Gasteiger partial charge is 0.321 e. The van der Waals surface area contributed by atoms with Crippen molar-refractivity contribution in [1.29, 1.82) is 0 Å². The van der Waals surface area contributed by atoms with Crippen LogP contribution in [-0.2, 0) is 9.53 Å². The number of benzene rings is 1. The van der Waals surface area contributed by atoms with Crippen LogP contribution in [0.3, 0.4) is 0 Å². The maximum absolute atomic E-state index is 12.8. The third-order valence-electron chi connectivity index (χ3n) is 5.48. The number of methoxy groups -OCH3 is 1. The molecule has 7 heteroatoms. The Morgan fingerprint density at radius 1 is 1.31 bits per heavy atom. The van der Waals surface area contributed by atoms with E-state index in [1.807, 2.05) is 18.2 Å². The number of rotatable bonds is 3. The van der Waals surface area contributed by atoms with Gasteiger partial charge in [0.25, 0.3) is 0 Å². The van der Waals surface area contributed by atoms with Gasteiger partial charge in [0, 0.05) is 57.6 Å². The fraction of sp³-hybridized carbons (Fsp3) is 0.579. The molecule has 2 saturated heterocycles. The average molecular weight is 361 g/mol.